The van der Waals surface area contributed by atoms with Crippen molar-refractivity contribution in [3.05, 3.63) is 35.1 Å². The maximum absolute atomic E-state index is 14.0. The summed E-state index contributed by atoms with van der Waals surface area (Å²) in [7, 11) is 3.28. The van der Waals surface area contributed by atoms with E-state index >= 15 is 0 Å². The molecule has 30 heavy (non-hydrogen) atoms. The highest BCUT2D eigenvalue weighted by Crippen LogP contribution is 2.29. The fraction of sp³-hybridized carbons (Fsp3) is 0.474. The van der Waals surface area contributed by atoms with Crippen LogP contribution in [0, 0.1) is 12.9 Å². The maximum Gasteiger partial charge on any atom is 0.275 e. The van der Waals surface area contributed by atoms with E-state index in [2.05, 4.69) is 20.5 Å². The molecule has 4 heterocycles. The van der Waals surface area contributed by atoms with Crippen LogP contribution in [0.2, 0.25) is 0 Å². The van der Waals surface area contributed by atoms with E-state index in [1.165, 1.54) is 24.6 Å². The standard InChI is InChI=1S/C13H13FN6OS.C6H13NO/c1-7-10(11(14)20(3)18-7)13-17-9(6-22-13)12(21)16-8-4-15-19(2)5-8;7-6-2-1-4-8-5-3-6/h4-6H,1-3H3,(H,16,21);6H,1-5,7H2. The Balaban J connectivity index is 0.000000269. The largest absolute Gasteiger partial charge is 0.381 e. The van der Waals surface area contributed by atoms with Crippen LogP contribution >= 0.6 is 11.3 Å². The van der Waals surface area contributed by atoms with Gasteiger partial charge in [-0.2, -0.15) is 14.6 Å². The van der Waals surface area contributed by atoms with Crippen LogP contribution in [0.15, 0.2) is 17.8 Å². The summed E-state index contributed by atoms with van der Waals surface area (Å²) in [6.45, 7) is 3.48. The molecule has 0 radical (unpaired) electrons. The van der Waals surface area contributed by atoms with Crippen LogP contribution in [-0.4, -0.2) is 49.7 Å². The highest BCUT2D eigenvalue weighted by molar-refractivity contribution is 7.13. The molecular weight excluding hydrogens is 409 g/mol. The van der Waals surface area contributed by atoms with Crippen molar-refractivity contribution < 1.29 is 13.9 Å². The number of nitrogens with one attached hydrogen (secondary N) is 1. The first-order valence-corrected chi connectivity index (χ1v) is 10.5. The Morgan fingerprint density at radius 2 is 2.17 bits per heavy atom. The second kappa shape index (κ2) is 9.92. The fourth-order valence-corrected chi connectivity index (χ4v) is 3.86. The Bertz CT molecular complexity index is 989. The molecule has 4 rings (SSSR count). The number of halogens is 1. The summed E-state index contributed by atoms with van der Waals surface area (Å²) in [4.78, 5) is 16.3. The number of ether oxygens (including phenoxy) is 1. The molecule has 162 valence electrons. The molecule has 0 bridgehead atoms. The Hall–Kier alpha value is -2.63. The average molecular weight is 436 g/mol. The van der Waals surface area contributed by atoms with Gasteiger partial charge in [0.2, 0.25) is 5.95 Å². The molecule has 11 heteroatoms. The van der Waals surface area contributed by atoms with Crippen molar-refractivity contribution in [2.45, 2.75) is 32.2 Å². The van der Waals surface area contributed by atoms with E-state index in [4.69, 9.17) is 10.5 Å². The van der Waals surface area contributed by atoms with Gasteiger partial charge < -0.3 is 15.8 Å². The number of carbonyl (C=O) groups is 1. The van der Waals surface area contributed by atoms with Crippen LogP contribution in [0.3, 0.4) is 0 Å². The van der Waals surface area contributed by atoms with Gasteiger partial charge in [0, 0.05) is 44.9 Å². The van der Waals surface area contributed by atoms with E-state index in [9.17, 15) is 9.18 Å². The fourth-order valence-electron chi connectivity index (χ4n) is 2.98. The maximum atomic E-state index is 14.0. The van der Waals surface area contributed by atoms with Gasteiger partial charge in [-0.1, -0.05) is 0 Å². The lowest BCUT2D eigenvalue weighted by atomic mass is 10.1. The normalized spacial score (nSPS) is 16.5. The SMILES string of the molecule is Cc1nn(C)c(F)c1-c1nc(C(=O)Nc2cnn(C)c2)cs1.NC1CCCOCC1. The van der Waals surface area contributed by atoms with Crippen molar-refractivity contribution in [1.82, 2.24) is 24.5 Å². The van der Waals surface area contributed by atoms with Gasteiger partial charge in [0.1, 0.15) is 10.7 Å². The molecule has 9 nitrogen and oxygen atoms in total. The Morgan fingerprint density at radius 3 is 2.83 bits per heavy atom. The molecular formula is C19H26FN7O2S. The van der Waals surface area contributed by atoms with Gasteiger partial charge in [-0.25, -0.2) is 9.67 Å². The van der Waals surface area contributed by atoms with Gasteiger partial charge in [0.15, 0.2) is 0 Å². The first kappa shape index (κ1) is 22.1. The Morgan fingerprint density at radius 1 is 1.37 bits per heavy atom. The summed E-state index contributed by atoms with van der Waals surface area (Å²) in [5, 5.41) is 12.7. The van der Waals surface area contributed by atoms with Crippen molar-refractivity contribution in [3.8, 4) is 10.6 Å². The van der Waals surface area contributed by atoms with Gasteiger partial charge in [-0.15, -0.1) is 11.3 Å². The average Bonchev–Trinajstić information content (AvgIpc) is 3.34. The second-order valence-corrected chi connectivity index (χ2v) is 7.93. The number of thiazole rings is 1. The minimum Gasteiger partial charge on any atom is -0.381 e. The first-order chi connectivity index (χ1) is 14.3. The minimum absolute atomic E-state index is 0.228. The topological polar surface area (TPSA) is 113 Å². The summed E-state index contributed by atoms with van der Waals surface area (Å²) in [5.41, 5.74) is 7.32. The predicted molar refractivity (Wildman–Crippen MR) is 113 cm³/mol. The zero-order valence-corrected chi connectivity index (χ0v) is 18.1. The Labute approximate surface area is 178 Å². The van der Waals surface area contributed by atoms with E-state index in [0.29, 0.717) is 28.0 Å². The van der Waals surface area contributed by atoms with Crippen LogP contribution < -0.4 is 11.1 Å². The number of aryl methyl sites for hydroxylation is 3. The quantitative estimate of drug-likeness (QED) is 0.654. The van der Waals surface area contributed by atoms with Crippen molar-refractivity contribution in [3.63, 3.8) is 0 Å². The van der Waals surface area contributed by atoms with Crippen molar-refractivity contribution >= 4 is 22.9 Å². The molecule has 1 aliphatic rings. The molecule has 1 atom stereocenters. The van der Waals surface area contributed by atoms with Gasteiger partial charge in [-0.3, -0.25) is 9.48 Å². The summed E-state index contributed by atoms with van der Waals surface area (Å²) in [6, 6.07) is 0.400. The lowest BCUT2D eigenvalue weighted by Crippen LogP contribution is -2.19. The van der Waals surface area contributed by atoms with Crippen LogP contribution in [-0.2, 0) is 18.8 Å². The Kier molecular flexibility index (Phi) is 7.29. The molecule has 0 aliphatic carbocycles. The zero-order chi connectivity index (χ0) is 21.7. The highest BCUT2D eigenvalue weighted by atomic mass is 32.1. The van der Waals surface area contributed by atoms with E-state index < -0.39 is 5.95 Å². The molecule has 3 N–H and O–H groups in total. The van der Waals surface area contributed by atoms with Gasteiger partial charge in [0.25, 0.3) is 5.91 Å². The third-order valence-corrected chi connectivity index (χ3v) is 5.42. The highest BCUT2D eigenvalue weighted by Gasteiger charge is 2.20. The summed E-state index contributed by atoms with van der Waals surface area (Å²) < 4.78 is 21.9. The van der Waals surface area contributed by atoms with E-state index in [0.717, 1.165) is 37.2 Å². The van der Waals surface area contributed by atoms with Gasteiger partial charge in [-0.05, 0) is 26.2 Å². The van der Waals surface area contributed by atoms with Crippen molar-refractivity contribution in [2.75, 3.05) is 18.5 Å². The number of nitrogens with zero attached hydrogens (tertiary/aromatic N) is 5. The molecule has 0 spiro atoms. The predicted octanol–water partition coefficient (Wildman–Crippen LogP) is 2.49. The van der Waals surface area contributed by atoms with E-state index in [1.54, 1.807) is 30.2 Å². The van der Waals surface area contributed by atoms with E-state index in [1.807, 2.05) is 0 Å². The minimum atomic E-state index is -0.467. The molecule has 1 saturated heterocycles. The van der Waals surface area contributed by atoms with Crippen LogP contribution in [0.4, 0.5) is 10.1 Å². The smallest absolute Gasteiger partial charge is 0.275 e. The molecule has 1 amide bonds. The number of anilines is 1. The van der Waals surface area contributed by atoms with Crippen molar-refractivity contribution in [2.24, 2.45) is 19.8 Å². The van der Waals surface area contributed by atoms with Gasteiger partial charge in [0.05, 0.1) is 23.1 Å². The number of amides is 1. The van der Waals surface area contributed by atoms with Crippen LogP contribution in [0.1, 0.15) is 35.4 Å². The molecule has 1 aliphatic heterocycles. The molecule has 3 aromatic rings. The monoisotopic (exact) mass is 435 g/mol. The van der Waals surface area contributed by atoms with Crippen LogP contribution in [0.25, 0.3) is 10.6 Å². The number of hydrogen-bond donors (Lipinski definition) is 2. The number of aromatic nitrogens is 5. The number of nitrogens with two attached hydrogens (primary N) is 1. The van der Waals surface area contributed by atoms with Crippen molar-refractivity contribution in [1.29, 1.82) is 0 Å². The lowest BCUT2D eigenvalue weighted by molar-refractivity contribution is 0.102. The summed E-state index contributed by atoms with van der Waals surface area (Å²) in [5.74, 6) is -0.830. The molecule has 1 unspecified atom stereocenters. The molecule has 1 fully saturated rings. The third kappa shape index (κ3) is 5.49. The zero-order valence-electron chi connectivity index (χ0n) is 17.3. The lowest BCUT2D eigenvalue weighted by Gasteiger charge is -2.02. The number of hydrogen-bond acceptors (Lipinski definition) is 7. The number of carbonyl (C=O) groups excluding carboxylic acids is 1. The van der Waals surface area contributed by atoms with Crippen LogP contribution in [0.5, 0.6) is 0 Å². The molecule has 0 aromatic carbocycles. The van der Waals surface area contributed by atoms with E-state index in [-0.39, 0.29) is 11.6 Å². The molecule has 0 saturated carbocycles. The molecule has 3 aromatic heterocycles. The summed E-state index contributed by atoms with van der Waals surface area (Å²) in [6.07, 6.45) is 6.54. The summed E-state index contributed by atoms with van der Waals surface area (Å²) >= 11 is 1.20. The number of rotatable bonds is 3. The van der Waals surface area contributed by atoms with Gasteiger partial charge >= 0.3 is 0 Å². The second-order valence-electron chi connectivity index (χ2n) is 7.07. The first-order valence-electron chi connectivity index (χ1n) is 9.63. The third-order valence-electron chi connectivity index (χ3n) is 4.56.